The van der Waals surface area contributed by atoms with E-state index in [1.807, 2.05) is 18.5 Å². The second-order valence-corrected chi connectivity index (χ2v) is 7.26. The summed E-state index contributed by atoms with van der Waals surface area (Å²) in [6.45, 7) is 2.96. The van der Waals surface area contributed by atoms with Gasteiger partial charge in [0.1, 0.15) is 11.1 Å². The molecule has 2 aliphatic rings. The highest BCUT2D eigenvalue weighted by Crippen LogP contribution is 2.42. The molecule has 0 aliphatic carbocycles. The summed E-state index contributed by atoms with van der Waals surface area (Å²) in [6.07, 6.45) is 2.50. The van der Waals surface area contributed by atoms with Gasteiger partial charge in [-0.3, -0.25) is 18.8 Å². The van der Waals surface area contributed by atoms with E-state index < -0.39 is 11.4 Å². The molecule has 2 saturated heterocycles. The molecule has 1 amide bonds. The second-order valence-electron chi connectivity index (χ2n) is 6.39. The lowest BCUT2D eigenvalue weighted by atomic mass is 9.76. The van der Waals surface area contributed by atoms with Crippen molar-refractivity contribution >= 4 is 34.6 Å². The fourth-order valence-electron chi connectivity index (χ4n) is 3.75. The third kappa shape index (κ3) is 2.84. The summed E-state index contributed by atoms with van der Waals surface area (Å²) in [4.78, 5) is 40.0. The Bertz CT molecular complexity index is 846. The van der Waals surface area contributed by atoms with Gasteiger partial charge >= 0.3 is 5.97 Å². The van der Waals surface area contributed by atoms with Crippen LogP contribution in [0.1, 0.15) is 22.6 Å². The van der Waals surface area contributed by atoms with Crippen molar-refractivity contribution in [2.75, 3.05) is 26.3 Å². The lowest BCUT2D eigenvalue weighted by Crippen LogP contribution is -2.46. The molecule has 4 rings (SSSR count). The minimum absolute atomic E-state index is 0.0520. The standard InChI is InChI=1S/C15H17N3O4S.CH2O2/c1-9-11(18-3-5-23-14(18)16-9)12(19)17-6-10-2-4-22-8-15(10,7-17)13(20)21;2-1-3/h3,5,10H,2,4,6-8H2,1H3,(H,20,21);1H,(H,2,3)/t10-,15+;/m0./s1. The Kier molecular flexibility index (Phi) is 4.97. The van der Waals surface area contributed by atoms with Crippen LogP contribution in [-0.2, 0) is 14.3 Å². The molecule has 2 aromatic rings. The third-order valence-electron chi connectivity index (χ3n) is 5.02. The second kappa shape index (κ2) is 7.04. The van der Waals surface area contributed by atoms with Crippen molar-refractivity contribution in [1.82, 2.24) is 14.3 Å². The maximum absolute atomic E-state index is 13.0. The minimum Gasteiger partial charge on any atom is -0.483 e. The lowest BCUT2D eigenvalue weighted by molar-refractivity contribution is -0.159. The molecule has 2 aliphatic heterocycles. The first-order chi connectivity index (χ1) is 12.4. The number of thiazole rings is 1. The fraction of sp³-hybridized carbons (Fsp3) is 0.500. The molecule has 2 N–H and O–H groups in total. The number of amides is 1. The number of hydrogen-bond acceptors (Lipinski definition) is 6. The molecule has 4 heterocycles. The molecule has 2 fully saturated rings. The van der Waals surface area contributed by atoms with Crippen LogP contribution >= 0.6 is 11.3 Å². The Morgan fingerprint density at radius 3 is 2.88 bits per heavy atom. The van der Waals surface area contributed by atoms with Gasteiger partial charge in [-0.05, 0) is 19.3 Å². The number of aliphatic carboxylic acids is 1. The number of hydrogen-bond donors (Lipinski definition) is 2. The van der Waals surface area contributed by atoms with Crippen molar-refractivity contribution in [3.05, 3.63) is 23.0 Å². The lowest BCUT2D eigenvalue weighted by Gasteiger charge is -2.33. The number of carbonyl (C=O) groups is 3. The van der Waals surface area contributed by atoms with Crippen LogP contribution in [0.2, 0.25) is 0 Å². The average molecular weight is 381 g/mol. The number of ether oxygens (including phenoxy) is 1. The molecular formula is C16H19N3O6S. The van der Waals surface area contributed by atoms with Gasteiger partial charge in [-0.2, -0.15) is 0 Å². The van der Waals surface area contributed by atoms with Gasteiger partial charge in [-0.1, -0.05) is 0 Å². The Balaban J connectivity index is 0.000000613. The summed E-state index contributed by atoms with van der Waals surface area (Å²) in [5.74, 6) is -1.07. The molecule has 9 nitrogen and oxygen atoms in total. The fourth-order valence-corrected chi connectivity index (χ4v) is 4.51. The summed E-state index contributed by atoms with van der Waals surface area (Å²) in [7, 11) is 0. The molecule has 2 aromatic heterocycles. The number of aryl methyl sites for hydroxylation is 1. The Hall–Kier alpha value is -2.46. The SMILES string of the molecule is Cc1nc2sccn2c1C(=O)N1C[C@@H]2CCOC[C@]2(C(=O)O)C1.O=CO. The average Bonchev–Trinajstić information content (AvgIpc) is 3.27. The van der Waals surface area contributed by atoms with E-state index >= 15 is 0 Å². The maximum atomic E-state index is 13.0. The third-order valence-corrected chi connectivity index (χ3v) is 5.77. The molecule has 0 spiro atoms. The predicted octanol–water partition coefficient (Wildman–Crippen LogP) is 0.968. The van der Waals surface area contributed by atoms with Gasteiger partial charge in [-0.25, -0.2) is 4.98 Å². The number of carbonyl (C=O) groups excluding carboxylic acids is 1. The Morgan fingerprint density at radius 2 is 2.23 bits per heavy atom. The molecule has 0 bridgehead atoms. The number of imidazole rings is 1. The first-order valence-electron chi connectivity index (χ1n) is 8.05. The van der Waals surface area contributed by atoms with E-state index in [-0.39, 0.29) is 31.4 Å². The summed E-state index contributed by atoms with van der Waals surface area (Å²) < 4.78 is 7.20. The van der Waals surface area contributed by atoms with Gasteiger partial charge in [0.15, 0.2) is 4.96 Å². The highest BCUT2D eigenvalue weighted by molar-refractivity contribution is 7.15. The van der Waals surface area contributed by atoms with Crippen molar-refractivity contribution < 1.29 is 29.3 Å². The number of likely N-dealkylation sites (tertiary alicyclic amines) is 1. The molecule has 10 heteroatoms. The number of nitrogens with zero attached hydrogens (tertiary/aromatic N) is 3. The molecule has 140 valence electrons. The molecular weight excluding hydrogens is 362 g/mol. The maximum Gasteiger partial charge on any atom is 0.314 e. The number of carboxylic acids is 1. The summed E-state index contributed by atoms with van der Waals surface area (Å²) in [6, 6.07) is 0. The van der Waals surface area contributed by atoms with Crippen molar-refractivity contribution in [3.8, 4) is 0 Å². The zero-order chi connectivity index (χ0) is 18.9. The van der Waals surface area contributed by atoms with E-state index in [1.165, 1.54) is 11.3 Å². The van der Waals surface area contributed by atoms with Crippen LogP contribution < -0.4 is 0 Å². The largest absolute Gasteiger partial charge is 0.483 e. The van der Waals surface area contributed by atoms with Gasteiger partial charge in [0, 0.05) is 31.3 Å². The smallest absolute Gasteiger partial charge is 0.314 e. The molecule has 0 radical (unpaired) electrons. The van der Waals surface area contributed by atoms with Crippen LogP contribution in [0, 0.1) is 18.3 Å². The van der Waals surface area contributed by atoms with Gasteiger partial charge < -0.3 is 19.8 Å². The first-order valence-corrected chi connectivity index (χ1v) is 8.93. The Labute approximate surface area is 152 Å². The van der Waals surface area contributed by atoms with E-state index in [0.29, 0.717) is 31.0 Å². The van der Waals surface area contributed by atoms with Gasteiger partial charge in [-0.15, -0.1) is 11.3 Å². The van der Waals surface area contributed by atoms with Crippen molar-refractivity contribution in [2.24, 2.45) is 11.3 Å². The van der Waals surface area contributed by atoms with E-state index in [4.69, 9.17) is 14.6 Å². The first kappa shape index (κ1) is 18.3. The summed E-state index contributed by atoms with van der Waals surface area (Å²) in [5, 5.41) is 18.5. The molecule has 26 heavy (non-hydrogen) atoms. The number of fused-ring (bicyclic) bond motifs is 2. The summed E-state index contributed by atoms with van der Waals surface area (Å²) in [5.41, 5.74) is 0.235. The van der Waals surface area contributed by atoms with Crippen molar-refractivity contribution in [1.29, 1.82) is 0 Å². The number of carboxylic acid groups (broad SMARTS) is 2. The molecule has 2 atom stereocenters. The van der Waals surface area contributed by atoms with Crippen LogP contribution in [0.15, 0.2) is 11.6 Å². The zero-order valence-corrected chi connectivity index (χ0v) is 14.9. The van der Waals surface area contributed by atoms with E-state index in [9.17, 15) is 14.7 Å². The van der Waals surface area contributed by atoms with Gasteiger partial charge in [0.25, 0.3) is 12.4 Å². The van der Waals surface area contributed by atoms with Crippen LogP contribution in [-0.4, -0.2) is 69.1 Å². The zero-order valence-electron chi connectivity index (χ0n) is 14.1. The molecule has 0 aromatic carbocycles. The van der Waals surface area contributed by atoms with E-state index in [1.54, 1.807) is 9.30 Å². The van der Waals surface area contributed by atoms with E-state index in [2.05, 4.69) is 4.98 Å². The van der Waals surface area contributed by atoms with Crippen LogP contribution in [0.5, 0.6) is 0 Å². The Morgan fingerprint density at radius 1 is 1.50 bits per heavy atom. The number of aromatic nitrogens is 2. The van der Waals surface area contributed by atoms with Gasteiger partial charge in [0.2, 0.25) is 0 Å². The quantitative estimate of drug-likeness (QED) is 0.743. The normalized spacial score (nSPS) is 24.7. The highest BCUT2D eigenvalue weighted by atomic mass is 32.1. The molecule has 0 unspecified atom stereocenters. The van der Waals surface area contributed by atoms with E-state index in [0.717, 1.165) is 4.96 Å². The predicted molar refractivity (Wildman–Crippen MR) is 91.4 cm³/mol. The topological polar surface area (TPSA) is 121 Å². The highest BCUT2D eigenvalue weighted by Gasteiger charge is 2.55. The minimum atomic E-state index is -0.972. The van der Waals surface area contributed by atoms with Crippen LogP contribution in [0.25, 0.3) is 4.96 Å². The van der Waals surface area contributed by atoms with Crippen molar-refractivity contribution in [3.63, 3.8) is 0 Å². The van der Waals surface area contributed by atoms with Crippen LogP contribution in [0.3, 0.4) is 0 Å². The monoisotopic (exact) mass is 381 g/mol. The summed E-state index contributed by atoms with van der Waals surface area (Å²) >= 11 is 1.47. The number of rotatable bonds is 2. The molecule has 0 saturated carbocycles. The van der Waals surface area contributed by atoms with Crippen LogP contribution in [0.4, 0.5) is 0 Å². The van der Waals surface area contributed by atoms with Crippen molar-refractivity contribution in [2.45, 2.75) is 13.3 Å². The van der Waals surface area contributed by atoms with Gasteiger partial charge in [0.05, 0.1) is 12.3 Å².